The van der Waals surface area contributed by atoms with E-state index in [2.05, 4.69) is 15.9 Å². The quantitative estimate of drug-likeness (QED) is 0.779. The fourth-order valence-corrected chi connectivity index (χ4v) is 1.93. The molecule has 1 aliphatic heterocycles. The maximum absolute atomic E-state index is 11.8. The Kier molecular flexibility index (Phi) is 4.38. The molecule has 1 rings (SSSR count). The Labute approximate surface area is 93.6 Å². The van der Waals surface area contributed by atoms with Gasteiger partial charge >= 0.3 is 0 Å². The van der Waals surface area contributed by atoms with E-state index in [0.717, 1.165) is 13.0 Å². The zero-order chi connectivity index (χ0) is 10.7. The van der Waals surface area contributed by atoms with Gasteiger partial charge in [0, 0.05) is 25.6 Å². The van der Waals surface area contributed by atoms with Crippen molar-refractivity contribution in [3.63, 3.8) is 0 Å². The van der Waals surface area contributed by atoms with Crippen LogP contribution in [0.1, 0.15) is 20.3 Å². The fraction of sp³-hybridized carbons (Fsp3) is 0.900. The topological polar surface area (TPSA) is 40.5 Å². The smallest absolute Gasteiger partial charge is 0.236 e. The molecule has 1 aliphatic rings. The Hall–Kier alpha value is -0.0900. The van der Waals surface area contributed by atoms with Crippen LogP contribution in [0.2, 0.25) is 0 Å². The molecule has 2 unspecified atom stereocenters. The van der Waals surface area contributed by atoms with Gasteiger partial charge in [0.25, 0.3) is 0 Å². The SMILES string of the molecule is CC(C)C(Br)C(=O)N1CCC(CO)C1. The Bertz CT molecular complexity index is 208. The molecule has 0 aliphatic carbocycles. The molecule has 0 spiro atoms. The van der Waals surface area contributed by atoms with Crippen LogP contribution in [0.25, 0.3) is 0 Å². The Morgan fingerprint density at radius 2 is 2.29 bits per heavy atom. The molecule has 4 heteroatoms. The number of rotatable bonds is 3. The largest absolute Gasteiger partial charge is 0.396 e. The molecule has 0 aromatic heterocycles. The normalized spacial score (nSPS) is 24.4. The van der Waals surface area contributed by atoms with Gasteiger partial charge in [0.05, 0.1) is 4.83 Å². The molecule has 0 aromatic rings. The molecule has 82 valence electrons. The fourth-order valence-electron chi connectivity index (χ4n) is 1.64. The number of amides is 1. The average Bonchev–Trinajstić information content (AvgIpc) is 2.63. The summed E-state index contributed by atoms with van der Waals surface area (Å²) < 4.78 is 0. The number of alkyl halides is 1. The Morgan fingerprint density at radius 3 is 2.71 bits per heavy atom. The summed E-state index contributed by atoms with van der Waals surface area (Å²) in [5.74, 6) is 0.762. The molecular formula is C10H18BrNO2. The van der Waals surface area contributed by atoms with E-state index in [9.17, 15) is 4.79 Å². The van der Waals surface area contributed by atoms with Gasteiger partial charge in [-0.2, -0.15) is 0 Å². The Balaban J connectivity index is 2.47. The highest BCUT2D eigenvalue weighted by molar-refractivity contribution is 9.10. The van der Waals surface area contributed by atoms with E-state index in [0.29, 0.717) is 12.5 Å². The third-order valence-corrected chi connectivity index (χ3v) is 4.13. The lowest BCUT2D eigenvalue weighted by molar-refractivity contribution is -0.130. The third-order valence-electron chi connectivity index (χ3n) is 2.68. The van der Waals surface area contributed by atoms with Gasteiger partial charge in [-0.15, -0.1) is 0 Å². The summed E-state index contributed by atoms with van der Waals surface area (Å²) in [7, 11) is 0. The highest BCUT2D eigenvalue weighted by Gasteiger charge is 2.30. The van der Waals surface area contributed by atoms with Gasteiger partial charge in [-0.05, 0) is 12.3 Å². The molecule has 1 amide bonds. The van der Waals surface area contributed by atoms with Crippen molar-refractivity contribution in [1.82, 2.24) is 4.90 Å². The first-order valence-corrected chi connectivity index (χ1v) is 6.01. The van der Waals surface area contributed by atoms with Gasteiger partial charge in [0.2, 0.25) is 5.91 Å². The minimum atomic E-state index is -0.0834. The highest BCUT2D eigenvalue weighted by Crippen LogP contribution is 2.21. The van der Waals surface area contributed by atoms with Gasteiger partial charge in [0.1, 0.15) is 0 Å². The van der Waals surface area contributed by atoms with Crippen molar-refractivity contribution in [1.29, 1.82) is 0 Å². The number of halogens is 1. The number of carbonyl (C=O) groups is 1. The van der Waals surface area contributed by atoms with Gasteiger partial charge in [-0.3, -0.25) is 4.79 Å². The zero-order valence-corrected chi connectivity index (χ0v) is 10.3. The number of likely N-dealkylation sites (tertiary alicyclic amines) is 1. The maximum atomic E-state index is 11.8. The summed E-state index contributed by atoms with van der Waals surface area (Å²) in [6.07, 6.45) is 0.931. The monoisotopic (exact) mass is 263 g/mol. The van der Waals surface area contributed by atoms with Crippen LogP contribution < -0.4 is 0 Å². The van der Waals surface area contributed by atoms with E-state index < -0.39 is 0 Å². The van der Waals surface area contributed by atoms with Crippen molar-refractivity contribution in [3.8, 4) is 0 Å². The number of nitrogens with zero attached hydrogens (tertiary/aromatic N) is 1. The van der Waals surface area contributed by atoms with E-state index in [1.807, 2.05) is 18.7 Å². The lowest BCUT2D eigenvalue weighted by Gasteiger charge is -2.21. The van der Waals surface area contributed by atoms with Crippen LogP contribution in [-0.2, 0) is 4.79 Å². The second kappa shape index (κ2) is 5.12. The van der Waals surface area contributed by atoms with Crippen LogP contribution >= 0.6 is 15.9 Å². The molecule has 0 saturated carbocycles. The molecule has 0 aromatic carbocycles. The van der Waals surface area contributed by atoms with Crippen LogP contribution in [0, 0.1) is 11.8 Å². The van der Waals surface area contributed by atoms with E-state index >= 15 is 0 Å². The first kappa shape index (κ1) is 12.0. The third kappa shape index (κ3) is 2.70. The summed E-state index contributed by atoms with van der Waals surface area (Å²) >= 11 is 3.41. The molecule has 3 nitrogen and oxygen atoms in total. The summed E-state index contributed by atoms with van der Waals surface area (Å²) in [6.45, 7) is 5.75. The summed E-state index contributed by atoms with van der Waals surface area (Å²) in [4.78, 5) is 13.6. The number of hydrogen-bond donors (Lipinski definition) is 1. The number of aliphatic hydroxyl groups is 1. The van der Waals surface area contributed by atoms with Crippen LogP contribution in [0.5, 0.6) is 0 Å². The molecule has 1 N–H and O–H groups in total. The second-order valence-electron chi connectivity index (χ2n) is 4.27. The first-order valence-electron chi connectivity index (χ1n) is 5.10. The molecule has 0 bridgehead atoms. The van der Waals surface area contributed by atoms with Crippen LogP contribution in [-0.4, -0.2) is 40.4 Å². The van der Waals surface area contributed by atoms with Crippen molar-refractivity contribution in [2.45, 2.75) is 25.1 Å². The highest BCUT2D eigenvalue weighted by atomic mass is 79.9. The van der Waals surface area contributed by atoms with Crippen LogP contribution in [0.4, 0.5) is 0 Å². The molecule has 1 fully saturated rings. The van der Waals surface area contributed by atoms with E-state index in [1.165, 1.54) is 0 Å². The minimum Gasteiger partial charge on any atom is -0.396 e. The summed E-state index contributed by atoms with van der Waals surface area (Å²) in [5, 5.41) is 8.96. The number of carbonyl (C=O) groups excluding carboxylic acids is 1. The van der Waals surface area contributed by atoms with Crippen molar-refractivity contribution in [2.24, 2.45) is 11.8 Å². The lowest BCUT2D eigenvalue weighted by Crippen LogP contribution is -2.37. The van der Waals surface area contributed by atoms with Crippen molar-refractivity contribution in [2.75, 3.05) is 19.7 Å². The van der Waals surface area contributed by atoms with Crippen LogP contribution in [0.15, 0.2) is 0 Å². The summed E-state index contributed by atoms with van der Waals surface area (Å²) in [5.41, 5.74) is 0. The van der Waals surface area contributed by atoms with Gasteiger partial charge in [-0.1, -0.05) is 29.8 Å². The van der Waals surface area contributed by atoms with Gasteiger partial charge in [0.15, 0.2) is 0 Å². The van der Waals surface area contributed by atoms with E-state index in [4.69, 9.17) is 5.11 Å². The van der Waals surface area contributed by atoms with E-state index in [-0.39, 0.29) is 23.3 Å². The second-order valence-corrected chi connectivity index (χ2v) is 5.25. The van der Waals surface area contributed by atoms with Crippen molar-refractivity contribution >= 4 is 21.8 Å². The number of aliphatic hydroxyl groups excluding tert-OH is 1. The standard InChI is InChI=1S/C10H18BrNO2/c1-7(2)9(11)10(14)12-4-3-8(5-12)6-13/h7-9,13H,3-6H2,1-2H3. The summed E-state index contributed by atoms with van der Waals surface area (Å²) in [6, 6.07) is 0. The van der Waals surface area contributed by atoms with Gasteiger partial charge < -0.3 is 10.0 Å². The molecule has 14 heavy (non-hydrogen) atoms. The van der Waals surface area contributed by atoms with Crippen LogP contribution in [0.3, 0.4) is 0 Å². The lowest BCUT2D eigenvalue weighted by atomic mass is 10.1. The maximum Gasteiger partial charge on any atom is 0.236 e. The molecule has 1 heterocycles. The predicted molar refractivity (Wildman–Crippen MR) is 59.3 cm³/mol. The van der Waals surface area contributed by atoms with Crippen molar-refractivity contribution < 1.29 is 9.90 Å². The van der Waals surface area contributed by atoms with Crippen molar-refractivity contribution in [3.05, 3.63) is 0 Å². The molecular weight excluding hydrogens is 246 g/mol. The number of hydrogen-bond acceptors (Lipinski definition) is 2. The zero-order valence-electron chi connectivity index (χ0n) is 8.74. The Morgan fingerprint density at radius 1 is 1.64 bits per heavy atom. The predicted octanol–water partition coefficient (Wildman–Crippen LogP) is 1.25. The van der Waals surface area contributed by atoms with Gasteiger partial charge in [-0.25, -0.2) is 0 Å². The van der Waals surface area contributed by atoms with E-state index in [1.54, 1.807) is 0 Å². The molecule has 2 atom stereocenters. The molecule has 1 saturated heterocycles. The molecule has 0 radical (unpaired) electrons. The average molecular weight is 264 g/mol. The first-order chi connectivity index (χ1) is 6.56. The minimum absolute atomic E-state index is 0.0834.